The van der Waals surface area contributed by atoms with Gasteiger partial charge in [0.1, 0.15) is 0 Å². The highest BCUT2D eigenvalue weighted by Crippen LogP contribution is 2.54. The van der Waals surface area contributed by atoms with Gasteiger partial charge in [0.15, 0.2) is 0 Å². The Bertz CT molecular complexity index is 721. The van der Waals surface area contributed by atoms with Gasteiger partial charge >= 0.3 is 0 Å². The molecule has 0 saturated heterocycles. The number of aromatic nitrogens is 1. The van der Waals surface area contributed by atoms with E-state index in [1.807, 2.05) is 25.4 Å². The highest BCUT2D eigenvalue weighted by molar-refractivity contribution is 9.10. The van der Waals surface area contributed by atoms with Crippen molar-refractivity contribution in [2.45, 2.75) is 24.7 Å². The summed E-state index contributed by atoms with van der Waals surface area (Å²) in [6, 6.07) is 6.10. The molecule has 1 fully saturated rings. The lowest BCUT2D eigenvalue weighted by molar-refractivity contribution is -0.125. The third kappa shape index (κ3) is 1.27. The second-order valence-electron chi connectivity index (χ2n) is 5.48. The van der Waals surface area contributed by atoms with E-state index in [2.05, 4.69) is 27.0 Å². The zero-order valence-electron chi connectivity index (χ0n) is 10.6. The summed E-state index contributed by atoms with van der Waals surface area (Å²) in [6.07, 6.45) is 4.91. The number of carbonyl (C=O) groups excluding carboxylic acids is 1. The van der Waals surface area contributed by atoms with Crippen LogP contribution in [0.1, 0.15) is 24.8 Å². The van der Waals surface area contributed by atoms with Crippen LogP contribution in [-0.2, 0) is 10.2 Å². The number of pyridine rings is 1. The maximum absolute atomic E-state index is 12.6. The summed E-state index contributed by atoms with van der Waals surface area (Å²) in [5.74, 6) is 0.239. The van der Waals surface area contributed by atoms with E-state index in [9.17, 15) is 4.79 Å². The molecule has 1 aliphatic carbocycles. The Labute approximate surface area is 119 Å². The highest BCUT2D eigenvalue weighted by atomic mass is 79.9. The van der Waals surface area contributed by atoms with Gasteiger partial charge in [-0.1, -0.05) is 22.4 Å². The molecule has 0 N–H and O–H groups in total. The summed E-state index contributed by atoms with van der Waals surface area (Å²) < 4.78 is 1.03. The van der Waals surface area contributed by atoms with Crippen molar-refractivity contribution in [2.75, 3.05) is 11.9 Å². The number of hydrogen-bond donors (Lipinski definition) is 0. The van der Waals surface area contributed by atoms with Crippen LogP contribution in [0.25, 0.3) is 10.9 Å². The van der Waals surface area contributed by atoms with Crippen molar-refractivity contribution in [1.82, 2.24) is 4.98 Å². The van der Waals surface area contributed by atoms with Gasteiger partial charge in [-0.25, -0.2) is 0 Å². The van der Waals surface area contributed by atoms with Gasteiger partial charge in [-0.3, -0.25) is 9.78 Å². The molecule has 1 amide bonds. The third-order valence-corrected chi connectivity index (χ3v) is 5.06. The van der Waals surface area contributed by atoms with Crippen molar-refractivity contribution in [1.29, 1.82) is 0 Å². The van der Waals surface area contributed by atoms with Crippen LogP contribution in [0, 0.1) is 0 Å². The Kier molecular flexibility index (Phi) is 2.14. The number of amides is 1. The molecule has 3 nitrogen and oxygen atoms in total. The molecule has 4 heteroatoms. The van der Waals surface area contributed by atoms with Gasteiger partial charge in [0, 0.05) is 22.5 Å². The molecular weight excluding hydrogens is 304 g/mol. The number of carbonyl (C=O) groups is 1. The summed E-state index contributed by atoms with van der Waals surface area (Å²) in [5.41, 5.74) is 2.87. The standard InChI is InChI=1S/C15H13BrN2O/c1-18-12-8-17-11-4-3-9(16)7-10(11)13(12)15(14(18)19)5-2-6-15/h3-4,7-8H,2,5-6H2,1H3. The van der Waals surface area contributed by atoms with Crippen LogP contribution in [0.15, 0.2) is 28.9 Å². The van der Waals surface area contributed by atoms with Crippen molar-refractivity contribution in [3.63, 3.8) is 0 Å². The quantitative estimate of drug-likeness (QED) is 0.746. The number of rotatable bonds is 0. The smallest absolute Gasteiger partial charge is 0.237 e. The number of halogens is 1. The number of fused-ring (bicyclic) bond motifs is 4. The molecule has 1 aromatic heterocycles. The molecule has 1 saturated carbocycles. The maximum atomic E-state index is 12.6. The molecule has 19 heavy (non-hydrogen) atoms. The van der Waals surface area contributed by atoms with Gasteiger partial charge in [-0.2, -0.15) is 0 Å². The maximum Gasteiger partial charge on any atom is 0.237 e. The average molecular weight is 317 g/mol. The third-order valence-electron chi connectivity index (χ3n) is 4.57. The first-order valence-electron chi connectivity index (χ1n) is 6.50. The molecule has 1 spiro atoms. The van der Waals surface area contributed by atoms with E-state index in [1.165, 1.54) is 5.56 Å². The van der Waals surface area contributed by atoms with Crippen LogP contribution >= 0.6 is 15.9 Å². The number of hydrogen-bond acceptors (Lipinski definition) is 2. The van der Waals surface area contributed by atoms with Crippen LogP contribution in [0.4, 0.5) is 5.69 Å². The van der Waals surface area contributed by atoms with Crippen molar-refractivity contribution < 1.29 is 4.79 Å². The number of likely N-dealkylation sites (N-methyl/N-ethyl adjacent to an activating group) is 1. The highest BCUT2D eigenvalue weighted by Gasteiger charge is 2.54. The monoisotopic (exact) mass is 316 g/mol. The minimum absolute atomic E-state index is 0.239. The van der Waals surface area contributed by atoms with E-state index >= 15 is 0 Å². The Balaban J connectivity index is 2.12. The lowest BCUT2D eigenvalue weighted by Crippen LogP contribution is -2.43. The van der Waals surface area contributed by atoms with Crippen molar-refractivity contribution in [2.24, 2.45) is 0 Å². The van der Waals surface area contributed by atoms with Gasteiger partial charge in [-0.05, 0) is 31.0 Å². The minimum Gasteiger partial charge on any atom is -0.313 e. The Morgan fingerprint density at radius 3 is 2.84 bits per heavy atom. The molecular formula is C15H13BrN2O. The Morgan fingerprint density at radius 1 is 1.37 bits per heavy atom. The lowest BCUT2D eigenvalue weighted by atomic mass is 9.64. The summed E-state index contributed by atoms with van der Waals surface area (Å²) in [6.45, 7) is 0. The van der Waals surface area contributed by atoms with Crippen LogP contribution in [0.2, 0.25) is 0 Å². The SMILES string of the molecule is CN1C(=O)C2(CCC2)c2c1cnc1ccc(Br)cc21. The minimum atomic E-state index is -0.272. The van der Waals surface area contributed by atoms with Gasteiger partial charge < -0.3 is 4.90 Å². The predicted molar refractivity (Wildman–Crippen MR) is 78.4 cm³/mol. The van der Waals surface area contributed by atoms with E-state index < -0.39 is 0 Å². The zero-order valence-corrected chi connectivity index (χ0v) is 12.2. The Hall–Kier alpha value is -1.42. The van der Waals surface area contributed by atoms with E-state index in [4.69, 9.17) is 0 Å². The topological polar surface area (TPSA) is 33.2 Å². The molecule has 0 bridgehead atoms. The van der Waals surface area contributed by atoms with Crippen molar-refractivity contribution >= 4 is 38.4 Å². The number of nitrogens with zero attached hydrogens (tertiary/aromatic N) is 2. The summed E-state index contributed by atoms with van der Waals surface area (Å²) in [4.78, 5) is 18.8. The first-order chi connectivity index (χ1) is 9.13. The van der Waals surface area contributed by atoms with Gasteiger partial charge in [0.25, 0.3) is 0 Å². The largest absolute Gasteiger partial charge is 0.313 e. The second-order valence-corrected chi connectivity index (χ2v) is 6.40. The lowest BCUT2D eigenvalue weighted by Gasteiger charge is -2.37. The van der Waals surface area contributed by atoms with Gasteiger partial charge in [-0.15, -0.1) is 0 Å². The van der Waals surface area contributed by atoms with Crippen LogP contribution in [0.5, 0.6) is 0 Å². The van der Waals surface area contributed by atoms with Crippen LogP contribution in [-0.4, -0.2) is 17.9 Å². The fourth-order valence-electron chi connectivity index (χ4n) is 3.44. The van der Waals surface area contributed by atoms with Crippen molar-refractivity contribution in [3.8, 4) is 0 Å². The fourth-order valence-corrected chi connectivity index (χ4v) is 3.80. The first kappa shape index (κ1) is 11.4. The molecule has 2 aromatic rings. The summed E-state index contributed by atoms with van der Waals surface area (Å²) in [7, 11) is 1.86. The Morgan fingerprint density at radius 2 is 2.16 bits per heavy atom. The molecule has 1 aromatic carbocycles. The van der Waals surface area contributed by atoms with E-state index in [-0.39, 0.29) is 11.3 Å². The number of anilines is 1. The molecule has 0 radical (unpaired) electrons. The van der Waals surface area contributed by atoms with Crippen LogP contribution < -0.4 is 4.90 Å². The molecule has 2 heterocycles. The van der Waals surface area contributed by atoms with Gasteiger partial charge in [0.05, 0.1) is 22.8 Å². The van der Waals surface area contributed by atoms with Crippen molar-refractivity contribution in [3.05, 3.63) is 34.4 Å². The fraction of sp³-hybridized carbons (Fsp3) is 0.333. The van der Waals surface area contributed by atoms with Crippen LogP contribution in [0.3, 0.4) is 0 Å². The summed E-state index contributed by atoms with van der Waals surface area (Å²) >= 11 is 3.52. The average Bonchev–Trinajstić information content (AvgIpc) is 2.59. The number of benzene rings is 1. The van der Waals surface area contributed by atoms with E-state index in [0.29, 0.717) is 0 Å². The van der Waals surface area contributed by atoms with E-state index in [0.717, 1.165) is 40.3 Å². The normalized spacial score (nSPS) is 19.9. The molecule has 4 rings (SSSR count). The predicted octanol–water partition coefficient (Wildman–Crippen LogP) is 3.40. The molecule has 96 valence electrons. The molecule has 2 aliphatic rings. The van der Waals surface area contributed by atoms with Gasteiger partial charge in [0.2, 0.25) is 5.91 Å². The first-order valence-corrected chi connectivity index (χ1v) is 7.30. The molecule has 0 atom stereocenters. The summed E-state index contributed by atoms with van der Waals surface area (Å²) in [5, 5.41) is 1.12. The van der Waals surface area contributed by atoms with E-state index in [1.54, 1.807) is 4.90 Å². The molecule has 0 unspecified atom stereocenters. The second kappa shape index (κ2) is 3.57. The zero-order chi connectivity index (χ0) is 13.2. The molecule has 1 aliphatic heterocycles.